The Balaban J connectivity index is 1.32. The van der Waals surface area contributed by atoms with Gasteiger partial charge in [0.25, 0.3) is 0 Å². The van der Waals surface area contributed by atoms with E-state index in [1.54, 1.807) is 7.11 Å². The van der Waals surface area contributed by atoms with Gasteiger partial charge in [-0.2, -0.15) is 0 Å². The summed E-state index contributed by atoms with van der Waals surface area (Å²) in [6.45, 7) is 2.47. The molecule has 1 aliphatic carbocycles. The van der Waals surface area contributed by atoms with Gasteiger partial charge in [0.05, 0.1) is 25.9 Å². The largest absolute Gasteiger partial charge is 0.493 e. The lowest BCUT2D eigenvalue weighted by Crippen LogP contribution is -2.46. The summed E-state index contributed by atoms with van der Waals surface area (Å²) in [6.07, 6.45) is 1.71. The maximum absolute atomic E-state index is 9.95. The molecular weight excluding hydrogens is 390 g/mol. The summed E-state index contributed by atoms with van der Waals surface area (Å²) in [5.74, 6) is 1.42. The molecule has 1 saturated heterocycles. The van der Waals surface area contributed by atoms with Crippen LogP contribution >= 0.6 is 0 Å². The van der Waals surface area contributed by atoms with Gasteiger partial charge in [-0.15, -0.1) is 0 Å². The minimum absolute atomic E-state index is 0.00509. The second-order valence-corrected chi connectivity index (χ2v) is 8.42. The predicted octanol–water partition coefficient (Wildman–Crippen LogP) is 4.21. The van der Waals surface area contributed by atoms with E-state index in [1.165, 1.54) is 0 Å². The van der Waals surface area contributed by atoms with Gasteiger partial charge in [-0.05, 0) is 48.9 Å². The summed E-state index contributed by atoms with van der Waals surface area (Å²) in [7, 11) is 1.65. The smallest absolute Gasteiger partial charge is 0.161 e. The van der Waals surface area contributed by atoms with Crippen LogP contribution in [0.4, 0.5) is 0 Å². The maximum Gasteiger partial charge on any atom is 0.161 e. The molecule has 31 heavy (non-hydrogen) atoms. The Kier molecular flexibility index (Phi) is 6.94. The summed E-state index contributed by atoms with van der Waals surface area (Å²) in [4.78, 5) is 2.22. The molecule has 2 aromatic rings. The summed E-state index contributed by atoms with van der Waals surface area (Å²) in [6, 6.07) is 16.1. The van der Waals surface area contributed by atoms with E-state index in [4.69, 9.17) is 17.0 Å². The predicted molar refractivity (Wildman–Crippen MR) is 122 cm³/mol. The zero-order chi connectivity index (χ0) is 23.3. The van der Waals surface area contributed by atoms with Crippen LogP contribution in [0.3, 0.4) is 0 Å². The third-order valence-corrected chi connectivity index (χ3v) is 6.24. The van der Waals surface area contributed by atoms with Gasteiger partial charge in [0, 0.05) is 21.9 Å². The lowest BCUT2D eigenvalue weighted by atomic mass is 9.91. The number of ether oxygens (including phenoxy) is 3. The second-order valence-electron chi connectivity index (χ2n) is 8.42. The molecule has 0 aromatic heterocycles. The molecule has 3 atom stereocenters. The first-order chi connectivity index (χ1) is 15.9. The van der Waals surface area contributed by atoms with E-state index in [9.17, 15) is 5.11 Å². The Hall–Kier alpha value is -2.08. The number of β-amino-alcohol motifs (C(OH)–C–C–N with tert-alkyl or cyclic N) is 1. The van der Waals surface area contributed by atoms with Crippen LogP contribution in [0.15, 0.2) is 48.5 Å². The number of rotatable bonds is 9. The highest BCUT2D eigenvalue weighted by molar-refractivity contribution is 5.43. The molecule has 5 nitrogen and oxygen atoms in total. The molecule has 0 bridgehead atoms. The molecule has 0 amide bonds. The second kappa shape index (κ2) is 11.0. The number of hydrogen-bond donors (Lipinski definition) is 1. The number of hydrogen-bond acceptors (Lipinski definition) is 5. The van der Waals surface area contributed by atoms with Crippen molar-refractivity contribution in [1.82, 2.24) is 4.90 Å². The van der Waals surface area contributed by atoms with Crippen LogP contribution in [0.5, 0.6) is 11.5 Å². The van der Waals surface area contributed by atoms with Crippen molar-refractivity contribution in [2.45, 2.75) is 63.3 Å². The van der Waals surface area contributed by atoms with Crippen LogP contribution in [-0.4, -0.2) is 55.1 Å². The van der Waals surface area contributed by atoms with Crippen molar-refractivity contribution in [3.8, 4) is 11.5 Å². The van der Waals surface area contributed by atoms with Gasteiger partial charge in [-0.3, -0.25) is 4.90 Å². The molecule has 1 saturated carbocycles. The van der Waals surface area contributed by atoms with E-state index in [2.05, 4.69) is 4.90 Å². The SMILES string of the molecule is [2H]C1([2H])CCC(OCCc2ccc(OCc3ccccc3)c(OC)c2)[C@H](N2CC[C@@H](O)C2)C1. The van der Waals surface area contributed by atoms with Crippen molar-refractivity contribution in [2.24, 2.45) is 0 Å². The average Bonchev–Trinajstić information content (AvgIpc) is 3.25. The van der Waals surface area contributed by atoms with Crippen molar-refractivity contribution >= 4 is 0 Å². The molecule has 2 aliphatic rings. The van der Waals surface area contributed by atoms with E-state index in [0.29, 0.717) is 50.5 Å². The highest BCUT2D eigenvalue weighted by Gasteiger charge is 2.34. The van der Waals surface area contributed by atoms with Gasteiger partial charge in [0.15, 0.2) is 11.5 Å². The summed E-state index contributed by atoms with van der Waals surface area (Å²) in [5.41, 5.74) is 2.21. The Morgan fingerprint density at radius 1 is 1.06 bits per heavy atom. The van der Waals surface area contributed by atoms with E-state index < -0.39 is 6.37 Å². The van der Waals surface area contributed by atoms with Gasteiger partial charge in [0.2, 0.25) is 0 Å². The van der Waals surface area contributed by atoms with Crippen LogP contribution in [0, 0.1) is 0 Å². The molecule has 0 radical (unpaired) electrons. The Bertz CT molecular complexity index is 895. The van der Waals surface area contributed by atoms with Crippen molar-refractivity contribution < 1.29 is 22.1 Å². The molecular formula is C26H35NO4. The quantitative estimate of drug-likeness (QED) is 0.650. The van der Waals surface area contributed by atoms with E-state index in [1.807, 2.05) is 48.5 Å². The minimum atomic E-state index is -1.17. The zero-order valence-electron chi connectivity index (χ0n) is 20.3. The average molecular weight is 428 g/mol. The van der Waals surface area contributed by atoms with Crippen LogP contribution in [0.25, 0.3) is 0 Å². The Morgan fingerprint density at radius 3 is 2.71 bits per heavy atom. The van der Waals surface area contributed by atoms with Gasteiger partial charge in [0.1, 0.15) is 6.61 Å². The zero-order valence-corrected chi connectivity index (χ0v) is 18.3. The number of aliphatic hydroxyl groups excluding tert-OH is 1. The molecule has 5 heteroatoms. The third kappa shape index (κ3) is 6.00. The molecule has 168 valence electrons. The highest BCUT2D eigenvalue weighted by Crippen LogP contribution is 2.30. The van der Waals surface area contributed by atoms with Crippen LogP contribution in [0.2, 0.25) is 0 Å². The first-order valence-electron chi connectivity index (χ1n) is 12.3. The number of nitrogens with zero attached hydrogens (tertiary/aromatic N) is 1. The van der Waals surface area contributed by atoms with Gasteiger partial charge in [-0.1, -0.05) is 49.2 Å². The molecule has 1 heterocycles. The van der Waals surface area contributed by atoms with E-state index in [-0.39, 0.29) is 18.2 Å². The monoisotopic (exact) mass is 427 g/mol. The number of aliphatic hydroxyl groups is 1. The normalized spacial score (nSPS) is 26.8. The topological polar surface area (TPSA) is 51.2 Å². The Morgan fingerprint density at radius 2 is 1.94 bits per heavy atom. The fourth-order valence-electron chi connectivity index (χ4n) is 4.50. The lowest BCUT2D eigenvalue weighted by molar-refractivity contribution is -0.0316. The van der Waals surface area contributed by atoms with Crippen molar-refractivity contribution in [3.05, 3.63) is 59.7 Å². The molecule has 0 spiro atoms. The summed E-state index contributed by atoms with van der Waals surface area (Å²) >= 11 is 0. The van der Waals surface area contributed by atoms with Gasteiger partial charge in [-0.25, -0.2) is 0 Å². The van der Waals surface area contributed by atoms with Crippen molar-refractivity contribution in [1.29, 1.82) is 0 Å². The molecule has 2 fully saturated rings. The molecule has 1 unspecified atom stereocenters. The number of benzene rings is 2. The fraction of sp³-hybridized carbons (Fsp3) is 0.538. The maximum atomic E-state index is 9.95. The molecule has 4 rings (SSSR count). The Labute approximate surface area is 188 Å². The summed E-state index contributed by atoms with van der Waals surface area (Å²) in [5, 5.41) is 9.95. The van der Waals surface area contributed by atoms with Crippen molar-refractivity contribution in [3.63, 3.8) is 0 Å². The van der Waals surface area contributed by atoms with Crippen LogP contribution in [-0.2, 0) is 17.8 Å². The number of likely N-dealkylation sites (tertiary alicyclic amines) is 1. The summed E-state index contributed by atoms with van der Waals surface area (Å²) < 4.78 is 34.2. The first-order valence-corrected chi connectivity index (χ1v) is 11.3. The number of methoxy groups -OCH3 is 1. The molecule has 2 aromatic carbocycles. The minimum Gasteiger partial charge on any atom is -0.493 e. The molecule has 1 aliphatic heterocycles. The molecule has 1 N–H and O–H groups in total. The van der Waals surface area contributed by atoms with Crippen LogP contribution < -0.4 is 9.47 Å². The lowest BCUT2D eigenvalue weighted by Gasteiger charge is -2.37. The van der Waals surface area contributed by atoms with Gasteiger partial charge < -0.3 is 19.3 Å². The standard InChI is InChI=1S/C26H35NO4/c1-29-26-17-20(11-12-25(26)31-19-21-7-3-2-4-8-21)14-16-30-24-10-6-5-9-23(24)27-15-13-22(28)18-27/h2-4,7-8,11-12,17,22-24,28H,5-6,9-10,13-16,18-19H2,1H3/t22-,23-,24?/m1/s1/i5D2. The van der Waals surface area contributed by atoms with E-state index in [0.717, 1.165) is 30.5 Å². The van der Waals surface area contributed by atoms with Gasteiger partial charge >= 0.3 is 0 Å². The highest BCUT2D eigenvalue weighted by atomic mass is 16.5. The van der Waals surface area contributed by atoms with Crippen molar-refractivity contribution in [2.75, 3.05) is 26.8 Å². The fourth-order valence-corrected chi connectivity index (χ4v) is 4.50. The third-order valence-electron chi connectivity index (χ3n) is 6.24. The van der Waals surface area contributed by atoms with E-state index >= 15 is 0 Å². The van der Waals surface area contributed by atoms with Crippen LogP contribution in [0.1, 0.15) is 45.9 Å². The first kappa shape index (κ1) is 19.6.